The summed E-state index contributed by atoms with van der Waals surface area (Å²) in [6, 6.07) is 7.77. The first-order chi connectivity index (χ1) is 13.7. The summed E-state index contributed by atoms with van der Waals surface area (Å²) < 4.78 is 3.46. The SMILES string of the molecule is O=C1CCCn2cc(cn2)Nc2ncc3nnn(c3n2)-c2ccc(cc2)CN1. The number of benzene rings is 1. The number of nitrogens with one attached hydrogen (secondary N) is 2. The Morgan fingerprint density at radius 3 is 2.89 bits per heavy atom. The first-order valence-electron chi connectivity index (χ1n) is 8.98. The molecule has 10 nitrogen and oxygen atoms in total. The van der Waals surface area contributed by atoms with E-state index in [1.165, 1.54) is 0 Å². The molecule has 1 amide bonds. The molecule has 0 aliphatic carbocycles. The number of amides is 1. The second-order valence-electron chi connectivity index (χ2n) is 6.57. The van der Waals surface area contributed by atoms with Crippen LogP contribution in [0.2, 0.25) is 0 Å². The van der Waals surface area contributed by atoms with E-state index in [0.29, 0.717) is 43.0 Å². The maximum Gasteiger partial charge on any atom is 0.229 e. The van der Waals surface area contributed by atoms with Crippen molar-refractivity contribution in [1.29, 1.82) is 0 Å². The van der Waals surface area contributed by atoms with Gasteiger partial charge >= 0.3 is 0 Å². The number of fused-ring (bicyclic) bond motifs is 7. The molecule has 0 spiro atoms. The highest BCUT2D eigenvalue weighted by molar-refractivity contribution is 5.76. The maximum absolute atomic E-state index is 12.1. The molecular formula is C18H17N9O. The smallest absolute Gasteiger partial charge is 0.229 e. The van der Waals surface area contributed by atoms with Crippen molar-refractivity contribution >= 4 is 28.7 Å². The topological polar surface area (TPSA) is 115 Å². The van der Waals surface area contributed by atoms with Gasteiger partial charge in [0.15, 0.2) is 11.2 Å². The van der Waals surface area contributed by atoms with Crippen LogP contribution in [0.25, 0.3) is 16.9 Å². The van der Waals surface area contributed by atoms with Gasteiger partial charge in [0, 0.05) is 25.7 Å². The summed E-state index contributed by atoms with van der Waals surface area (Å²) in [5.74, 6) is 0.463. The fraction of sp³-hybridized carbons (Fsp3) is 0.222. The lowest BCUT2D eigenvalue weighted by Crippen LogP contribution is -2.22. The fourth-order valence-corrected chi connectivity index (χ4v) is 3.09. The highest BCUT2D eigenvalue weighted by atomic mass is 16.1. The van der Waals surface area contributed by atoms with Gasteiger partial charge in [-0.25, -0.2) is 4.98 Å². The summed E-state index contributed by atoms with van der Waals surface area (Å²) in [4.78, 5) is 20.9. The largest absolute Gasteiger partial charge is 0.352 e. The zero-order valence-electron chi connectivity index (χ0n) is 14.9. The molecule has 2 N–H and O–H groups in total. The van der Waals surface area contributed by atoms with E-state index >= 15 is 0 Å². The first-order valence-corrected chi connectivity index (χ1v) is 8.98. The van der Waals surface area contributed by atoms with Crippen molar-refractivity contribution in [1.82, 2.24) is 40.1 Å². The van der Waals surface area contributed by atoms with E-state index in [1.54, 1.807) is 21.8 Å². The summed E-state index contributed by atoms with van der Waals surface area (Å²) in [6.45, 7) is 1.14. The van der Waals surface area contributed by atoms with Crippen LogP contribution in [0, 0.1) is 0 Å². The lowest BCUT2D eigenvalue weighted by molar-refractivity contribution is -0.121. The molecule has 0 radical (unpaired) electrons. The van der Waals surface area contributed by atoms with E-state index < -0.39 is 0 Å². The van der Waals surface area contributed by atoms with Crippen molar-refractivity contribution < 1.29 is 4.79 Å². The normalized spacial score (nSPS) is 14.5. The Morgan fingerprint density at radius 1 is 1.11 bits per heavy atom. The molecule has 0 saturated carbocycles. The Kier molecular flexibility index (Phi) is 3.93. The Balaban J connectivity index is 1.56. The minimum atomic E-state index is 0.0251. The average molecular weight is 375 g/mol. The van der Waals surface area contributed by atoms with Crippen molar-refractivity contribution in [2.45, 2.75) is 25.9 Å². The zero-order valence-corrected chi connectivity index (χ0v) is 14.9. The number of rotatable bonds is 0. The number of carbonyl (C=O) groups is 1. The van der Waals surface area contributed by atoms with E-state index in [4.69, 9.17) is 0 Å². The van der Waals surface area contributed by atoms with Gasteiger partial charge in [-0.2, -0.15) is 14.8 Å². The average Bonchev–Trinajstić information content (AvgIpc) is 3.33. The molecule has 0 atom stereocenters. The van der Waals surface area contributed by atoms with Gasteiger partial charge in [0.25, 0.3) is 0 Å². The molecule has 0 fully saturated rings. The first kappa shape index (κ1) is 16.4. The van der Waals surface area contributed by atoms with Crippen LogP contribution in [-0.2, 0) is 17.9 Å². The van der Waals surface area contributed by atoms with Gasteiger partial charge in [-0.05, 0) is 24.1 Å². The zero-order chi connectivity index (χ0) is 18.9. The van der Waals surface area contributed by atoms with Crippen LogP contribution in [0.4, 0.5) is 11.6 Å². The summed E-state index contributed by atoms with van der Waals surface area (Å²) in [6.07, 6.45) is 6.36. The highest BCUT2D eigenvalue weighted by Crippen LogP contribution is 2.18. The molecule has 1 aromatic carbocycles. The van der Waals surface area contributed by atoms with Gasteiger partial charge in [0.05, 0.1) is 23.8 Å². The van der Waals surface area contributed by atoms with Gasteiger partial charge in [-0.1, -0.05) is 17.3 Å². The van der Waals surface area contributed by atoms with Gasteiger partial charge in [0.2, 0.25) is 11.9 Å². The third-order valence-corrected chi connectivity index (χ3v) is 4.54. The molecule has 4 aromatic rings. The number of aryl methyl sites for hydroxylation is 1. The van der Waals surface area contributed by atoms with E-state index in [2.05, 4.69) is 36.0 Å². The molecule has 10 heteroatoms. The van der Waals surface area contributed by atoms with Crippen LogP contribution in [0.5, 0.6) is 0 Å². The van der Waals surface area contributed by atoms with Crippen molar-refractivity contribution in [3.63, 3.8) is 0 Å². The third kappa shape index (κ3) is 3.15. The molecule has 3 aromatic heterocycles. The van der Waals surface area contributed by atoms with E-state index in [9.17, 15) is 4.79 Å². The molecule has 0 saturated heterocycles. The Labute approximate surface area is 159 Å². The number of hydrogen-bond acceptors (Lipinski definition) is 7. The lowest BCUT2D eigenvalue weighted by Gasteiger charge is -2.08. The van der Waals surface area contributed by atoms with Crippen molar-refractivity contribution in [2.75, 3.05) is 5.32 Å². The summed E-state index contributed by atoms with van der Waals surface area (Å²) in [5, 5.41) is 18.7. The molecule has 0 unspecified atom stereocenters. The highest BCUT2D eigenvalue weighted by Gasteiger charge is 2.12. The van der Waals surface area contributed by atoms with Crippen LogP contribution in [-0.4, -0.2) is 40.6 Å². The van der Waals surface area contributed by atoms with Crippen LogP contribution in [0.3, 0.4) is 0 Å². The number of nitrogens with zero attached hydrogens (tertiary/aromatic N) is 7. The lowest BCUT2D eigenvalue weighted by atomic mass is 10.2. The number of carbonyl (C=O) groups excluding carboxylic acids is 1. The monoisotopic (exact) mass is 375 g/mol. The van der Waals surface area contributed by atoms with Gasteiger partial charge < -0.3 is 10.6 Å². The standard InChI is InChI=1S/C18H17N9O/c28-16-2-1-7-26-11-13(9-21-26)22-18-20-10-15-17(23-18)27(25-24-15)14-5-3-12(4-6-14)8-19-16/h3-6,9-11H,1-2,7-8H2,(H,19,28)(H,20,22,23). The quantitative estimate of drug-likeness (QED) is 0.479. The van der Waals surface area contributed by atoms with Crippen molar-refractivity contribution in [2.24, 2.45) is 0 Å². The van der Waals surface area contributed by atoms with Gasteiger partial charge in [0.1, 0.15) is 0 Å². The molecule has 6 rings (SSSR count). The van der Waals surface area contributed by atoms with Gasteiger partial charge in [-0.3, -0.25) is 9.48 Å². The minimum absolute atomic E-state index is 0.0251. The Morgan fingerprint density at radius 2 is 2.00 bits per heavy atom. The number of anilines is 2. The molecule has 2 aliphatic rings. The fourth-order valence-electron chi connectivity index (χ4n) is 3.09. The predicted molar refractivity (Wildman–Crippen MR) is 101 cm³/mol. The molecule has 140 valence electrons. The molecule has 5 heterocycles. The second kappa shape index (κ2) is 6.72. The van der Waals surface area contributed by atoms with Crippen molar-refractivity contribution in [3.05, 3.63) is 48.4 Å². The van der Waals surface area contributed by atoms with Gasteiger partial charge in [-0.15, -0.1) is 5.10 Å². The predicted octanol–water partition coefficient (Wildman–Crippen LogP) is 1.56. The van der Waals surface area contributed by atoms with Crippen LogP contribution in [0.1, 0.15) is 18.4 Å². The van der Waals surface area contributed by atoms with E-state index in [0.717, 1.165) is 16.9 Å². The molecule has 6 bridgehead atoms. The molecular weight excluding hydrogens is 358 g/mol. The van der Waals surface area contributed by atoms with Crippen LogP contribution < -0.4 is 10.6 Å². The number of hydrogen-bond donors (Lipinski definition) is 2. The third-order valence-electron chi connectivity index (χ3n) is 4.54. The molecule has 2 aliphatic heterocycles. The summed E-state index contributed by atoms with van der Waals surface area (Å²) >= 11 is 0. The van der Waals surface area contributed by atoms with Crippen LogP contribution >= 0.6 is 0 Å². The van der Waals surface area contributed by atoms with E-state index in [1.807, 2.05) is 30.5 Å². The second-order valence-corrected chi connectivity index (χ2v) is 6.57. The minimum Gasteiger partial charge on any atom is -0.352 e. The molecule has 28 heavy (non-hydrogen) atoms. The Bertz CT molecular complexity index is 1150. The maximum atomic E-state index is 12.1. The number of aromatic nitrogens is 7. The van der Waals surface area contributed by atoms with E-state index in [-0.39, 0.29) is 5.91 Å². The van der Waals surface area contributed by atoms with Crippen molar-refractivity contribution in [3.8, 4) is 5.69 Å². The Hall–Kier alpha value is -3.82. The summed E-state index contributed by atoms with van der Waals surface area (Å²) in [7, 11) is 0. The summed E-state index contributed by atoms with van der Waals surface area (Å²) in [5.41, 5.74) is 3.82. The van der Waals surface area contributed by atoms with Crippen LogP contribution in [0.15, 0.2) is 42.9 Å².